The number of hydrogen-bond donors (Lipinski definition) is 2. The fourth-order valence-corrected chi connectivity index (χ4v) is 3.34. The summed E-state index contributed by atoms with van der Waals surface area (Å²) >= 11 is 0. The zero-order chi connectivity index (χ0) is 18.8. The van der Waals surface area contributed by atoms with Crippen molar-refractivity contribution in [3.63, 3.8) is 0 Å². The van der Waals surface area contributed by atoms with Crippen LogP contribution in [0.1, 0.15) is 124 Å². The molecule has 0 fully saturated rings. The monoisotopic (exact) mass is 355 g/mol. The molecule has 0 heterocycles. The number of aliphatic carboxylic acids is 1. The molecule has 0 aromatic rings. The van der Waals surface area contributed by atoms with E-state index in [-0.39, 0.29) is 12.1 Å². The van der Waals surface area contributed by atoms with E-state index < -0.39 is 5.97 Å². The molecule has 2 N–H and O–H groups in total. The summed E-state index contributed by atoms with van der Waals surface area (Å²) in [5.74, 6) is -0.774. The van der Waals surface area contributed by atoms with Gasteiger partial charge in [-0.15, -0.1) is 0 Å². The standard InChI is InChI=1S/C22H45NO2/c1-4-5-6-7-8-9-10-11-12-13-14-15-16-17-18-19-22(2,3)23-20-21(24)25/h23H,4-20H2,1-3H3,(H,24,25). The lowest BCUT2D eigenvalue weighted by Crippen LogP contribution is -2.42. The second-order valence-corrected chi connectivity index (χ2v) is 8.33. The van der Waals surface area contributed by atoms with Crippen molar-refractivity contribution in [3.8, 4) is 0 Å². The van der Waals surface area contributed by atoms with Gasteiger partial charge in [-0.1, -0.05) is 103 Å². The molecule has 0 saturated carbocycles. The average Bonchev–Trinajstić information content (AvgIpc) is 2.56. The summed E-state index contributed by atoms with van der Waals surface area (Å²) in [4.78, 5) is 10.6. The zero-order valence-corrected chi connectivity index (χ0v) is 17.4. The number of unbranched alkanes of at least 4 members (excludes halogenated alkanes) is 14. The van der Waals surface area contributed by atoms with Gasteiger partial charge in [-0.2, -0.15) is 0 Å². The number of carboxylic acids is 1. The second kappa shape index (κ2) is 16.9. The normalized spacial score (nSPS) is 11.8. The van der Waals surface area contributed by atoms with Gasteiger partial charge >= 0.3 is 5.97 Å². The predicted molar refractivity (Wildman–Crippen MR) is 109 cm³/mol. The molecule has 0 saturated heterocycles. The molecule has 0 spiro atoms. The van der Waals surface area contributed by atoms with Crippen molar-refractivity contribution in [3.05, 3.63) is 0 Å². The Kier molecular flexibility index (Phi) is 16.5. The molecule has 0 aliphatic carbocycles. The molecule has 0 aliphatic heterocycles. The average molecular weight is 356 g/mol. The van der Waals surface area contributed by atoms with Crippen LogP contribution in [0.3, 0.4) is 0 Å². The van der Waals surface area contributed by atoms with Gasteiger partial charge in [-0.25, -0.2) is 0 Å². The van der Waals surface area contributed by atoms with Crippen LogP contribution in [0, 0.1) is 0 Å². The maximum Gasteiger partial charge on any atom is 0.317 e. The van der Waals surface area contributed by atoms with Crippen molar-refractivity contribution < 1.29 is 9.90 Å². The van der Waals surface area contributed by atoms with Crippen molar-refractivity contribution in [2.45, 2.75) is 129 Å². The Morgan fingerprint density at radius 1 is 0.720 bits per heavy atom. The van der Waals surface area contributed by atoms with Crippen LogP contribution in [0.5, 0.6) is 0 Å². The van der Waals surface area contributed by atoms with Crippen LogP contribution < -0.4 is 5.32 Å². The van der Waals surface area contributed by atoms with Crippen LogP contribution in [0.2, 0.25) is 0 Å². The van der Waals surface area contributed by atoms with E-state index in [2.05, 4.69) is 26.1 Å². The molecule has 0 radical (unpaired) electrons. The van der Waals surface area contributed by atoms with Crippen molar-refractivity contribution in [2.75, 3.05) is 6.54 Å². The van der Waals surface area contributed by atoms with Crippen LogP contribution >= 0.6 is 0 Å². The van der Waals surface area contributed by atoms with Gasteiger partial charge in [-0.3, -0.25) is 4.79 Å². The molecule has 0 aromatic heterocycles. The summed E-state index contributed by atoms with van der Waals surface area (Å²) in [5, 5.41) is 11.8. The maximum absolute atomic E-state index is 10.6. The third-order valence-electron chi connectivity index (χ3n) is 5.12. The Hall–Kier alpha value is -0.570. The summed E-state index contributed by atoms with van der Waals surface area (Å²) in [6.45, 7) is 6.53. The largest absolute Gasteiger partial charge is 0.480 e. The molecular formula is C22H45NO2. The van der Waals surface area contributed by atoms with Gasteiger partial charge in [-0.05, 0) is 20.3 Å². The molecule has 25 heavy (non-hydrogen) atoms. The molecule has 0 rings (SSSR count). The van der Waals surface area contributed by atoms with Gasteiger partial charge in [0, 0.05) is 5.54 Å². The molecule has 3 heteroatoms. The number of carbonyl (C=O) groups is 1. The van der Waals surface area contributed by atoms with Crippen LogP contribution in [0.15, 0.2) is 0 Å². The van der Waals surface area contributed by atoms with Gasteiger partial charge in [0.25, 0.3) is 0 Å². The molecule has 0 aromatic carbocycles. The first kappa shape index (κ1) is 24.4. The van der Waals surface area contributed by atoms with Gasteiger partial charge in [0.1, 0.15) is 0 Å². The Morgan fingerprint density at radius 2 is 1.08 bits per heavy atom. The number of carboxylic acid groups (broad SMARTS) is 1. The highest BCUT2D eigenvalue weighted by molar-refractivity contribution is 5.69. The number of rotatable bonds is 19. The van der Waals surface area contributed by atoms with Crippen molar-refractivity contribution in [1.82, 2.24) is 5.32 Å². The molecule has 0 bridgehead atoms. The van der Waals surface area contributed by atoms with Crippen LogP contribution in [0.25, 0.3) is 0 Å². The Balaban J connectivity index is 3.22. The molecule has 0 unspecified atom stereocenters. The Morgan fingerprint density at radius 3 is 1.44 bits per heavy atom. The Bertz CT molecular complexity index is 302. The first-order valence-electron chi connectivity index (χ1n) is 10.9. The fraction of sp³-hybridized carbons (Fsp3) is 0.955. The molecule has 0 atom stereocenters. The van der Waals surface area contributed by atoms with E-state index >= 15 is 0 Å². The molecule has 3 nitrogen and oxygen atoms in total. The lowest BCUT2D eigenvalue weighted by Gasteiger charge is -2.25. The third-order valence-corrected chi connectivity index (χ3v) is 5.12. The third kappa shape index (κ3) is 19.6. The molecule has 0 aliphatic rings. The topological polar surface area (TPSA) is 49.3 Å². The highest BCUT2D eigenvalue weighted by Crippen LogP contribution is 2.16. The summed E-state index contributed by atoms with van der Waals surface area (Å²) in [7, 11) is 0. The van der Waals surface area contributed by atoms with Crippen molar-refractivity contribution >= 4 is 5.97 Å². The SMILES string of the molecule is CCCCCCCCCCCCCCCCCC(C)(C)NCC(=O)O. The smallest absolute Gasteiger partial charge is 0.317 e. The van der Waals surface area contributed by atoms with E-state index in [9.17, 15) is 4.79 Å². The number of hydrogen-bond acceptors (Lipinski definition) is 2. The second-order valence-electron chi connectivity index (χ2n) is 8.33. The van der Waals surface area contributed by atoms with E-state index in [1.54, 1.807) is 0 Å². The quantitative estimate of drug-likeness (QED) is 0.253. The van der Waals surface area contributed by atoms with Crippen LogP contribution in [-0.2, 0) is 4.79 Å². The first-order valence-corrected chi connectivity index (χ1v) is 10.9. The van der Waals surface area contributed by atoms with Gasteiger partial charge in [0.15, 0.2) is 0 Å². The summed E-state index contributed by atoms with van der Waals surface area (Å²) in [6, 6.07) is 0. The molecular weight excluding hydrogens is 310 g/mol. The van der Waals surface area contributed by atoms with Gasteiger partial charge < -0.3 is 10.4 Å². The van der Waals surface area contributed by atoms with Gasteiger partial charge in [0.2, 0.25) is 0 Å². The minimum Gasteiger partial charge on any atom is -0.480 e. The predicted octanol–water partition coefficient (Wildman–Crippen LogP) is 6.70. The van der Waals surface area contributed by atoms with E-state index in [1.165, 1.54) is 96.3 Å². The minimum absolute atomic E-state index is 0.0606. The van der Waals surface area contributed by atoms with Gasteiger partial charge in [0.05, 0.1) is 6.54 Å². The van der Waals surface area contributed by atoms with Crippen LogP contribution in [-0.4, -0.2) is 23.2 Å². The maximum atomic E-state index is 10.6. The van der Waals surface area contributed by atoms with Crippen molar-refractivity contribution in [2.24, 2.45) is 0 Å². The Labute approximate surface area is 157 Å². The van der Waals surface area contributed by atoms with Crippen LogP contribution in [0.4, 0.5) is 0 Å². The van der Waals surface area contributed by atoms with E-state index in [0.717, 1.165) is 6.42 Å². The summed E-state index contributed by atoms with van der Waals surface area (Å²) < 4.78 is 0. The lowest BCUT2D eigenvalue weighted by molar-refractivity contribution is -0.136. The fourth-order valence-electron chi connectivity index (χ4n) is 3.34. The lowest BCUT2D eigenvalue weighted by atomic mass is 9.96. The van der Waals surface area contributed by atoms with Crippen molar-refractivity contribution in [1.29, 1.82) is 0 Å². The summed E-state index contributed by atoms with van der Waals surface area (Å²) in [5.41, 5.74) is -0.0606. The molecule has 0 amide bonds. The van der Waals surface area contributed by atoms with E-state index in [0.29, 0.717) is 0 Å². The summed E-state index contributed by atoms with van der Waals surface area (Å²) in [6.07, 6.45) is 21.8. The zero-order valence-electron chi connectivity index (χ0n) is 17.4. The first-order chi connectivity index (χ1) is 12.0. The van der Waals surface area contributed by atoms with E-state index in [1.807, 2.05) is 0 Å². The molecule has 150 valence electrons. The number of nitrogens with one attached hydrogen (secondary N) is 1. The van der Waals surface area contributed by atoms with E-state index in [4.69, 9.17) is 5.11 Å². The highest BCUT2D eigenvalue weighted by atomic mass is 16.4. The highest BCUT2D eigenvalue weighted by Gasteiger charge is 2.17. The minimum atomic E-state index is -0.774.